The van der Waals surface area contributed by atoms with Crippen LogP contribution in [0.25, 0.3) is 0 Å². The first-order valence-electron chi connectivity index (χ1n) is 5.11. The van der Waals surface area contributed by atoms with E-state index in [1.165, 1.54) is 13.1 Å². The van der Waals surface area contributed by atoms with Crippen LogP contribution < -0.4 is 15.4 Å². The zero-order valence-corrected chi connectivity index (χ0v) is 9.37. The molecular weight excluding hydrogens is 230 g/mol. The van der Waals surface area contributed by atoms with Crippen LogP contribution >= 0.6 is 0 Å². The lowest BCUT2D eigenvalue weighted by Gasteiger charge is -2.11. The molecule has 0 unspecified atom stereocenters. The highest BCUT2D eigenvalue weighted by Gasteiger charge is 2.08. The first-order chi connectivity index (χ1) is 8.13. The second kappa shape index (κ2) is 6.67. The van der Waals surface area contributed by atoms with E-state index < -0.39 is 6.61 Å². The van der Waals surface area contributed by atoms with Gasteiger partial charge >= 0.3 is 6.61 Å². The van der Waals surface area contributed by atoms with E-state index in [1.807, 2.05) is 0 Å². The van der Waals surface area contributed by atoms with Crippen molar-refractivity contribution in [1.82, 2.24) is 5.32 Å². The fourth-order valence-electron chi connectivity index (χ4n) is 1.25. The molecule has 1 amide bonds. The van der Waals surface area contributed by atoms with Gasteiger partial charge in [0, 0.05) is 20.0 Å². The standard InChI is InChI=1S/C11H14F2N2O2/c1-14-10(16)6-7-15-8-4-2-3-5-9(8)17-11(12)13/h2-5,11,15H,6-7H2,1H3,(H,14,16). The number of alkyl halides is 2. The molecule has 0 saturated heterocycles. The van der Waals surface area contributed by atoms with E-state index in [2.05, 4.69) is 15.4 Å². The van der Waals surface area contributed by atoms with Crippen molar-refractivity contribution < 1.29 is 18.3 Å². The minimum absolute atomic E-state index is 0.0689. The molecule has 0 heterocycles. The molecule has 1 aromatic carbocycles. The van der Waals surface area contributed by atoms with Crippen LogP contribution in [-0.2, 0) is 4.79 Å². The molecule has 0 aromatic heterocycles. The Balaban J connectivity index is 2.54. The second-order valence-electron chi connectivity index (χ2n) is 3.22. The van der Waals surface area contributed by atoms with Gasteiger partial charge in [-0.2, -0.15) is 8.78 Å². The number of nitrogens with one attached hydrogen (secondary N) is 2. The van der Waals surface area contributed by atoms with Crippen LogP contribution in [0.5, 0.6) is 5.75 Å². The highest BCUT2D eigenvalue weighted by Crippen LogP contribution is 2.25. The Hall–Kier alpha value is -1.85. The number of carbonyl (C=O) groups excluding carboxylic acids is 1. The lowest BCUT2D eigenvalue weighted by Crippen LogP contribution is -2.21. The van der Waals surface area contributed by atoms with Gasteiger partial charge in [0.2, 0.25) is 5.91 Å². The lowest BCUT2D eigenvalue weighted by atomic mass is 10.3. The molecular formula is C11H14F2N2O2. The van der Waals surface area contributed by atoms with Crippen molar-refractivity contribution in [2.75, 3.05) is 18.9 Å². The Morgan fingerprint density at radius 2 is 2.12 bits per heavy atom. The zero-order valence-electron chi connectivity index (χ0n) is 9.37. The van der Waals surface area contributed by atoms with Crippen molar-refractivity contribution in [2.45, 2.75) is 13.0 Å². The molecule has 0 atom stereocenters. The van der Waals surface area contributed by atoms with Crippen molar-refractivity contribution in [2.24, 2.45) is 0 Å². The van der Waals surface area contributed by atoms with Gasteiger partial charge in [0.25, 0.3) is 0 Å². The molecule has 1 rings (SSSR count). The van der Waals surface area contributed by atoms with Gasteiger partial charge in [-0.1, -0.05) is 12.1 Å². The van der Waals surface area contributed by atoms with Gasteiger partial charge in [0.1, 0.15) is 5.75 Å². The molecule has 0 aliphatic carbocycles. The van der Waals surface area contributed by atoms with E-state index in [-0.39, 0.29) is 18.1 Å². The maximum Gasteiger partial charge on any atom is 0.387 e. The Labute approximate surface area is 98.0 Å². The van der Waals surface area contributed by atoms with Crippen LogP contribution in [0.1, 0.15) is 6.42 Å². The summed E-state index contributed by atoms with van der Waals surface area (Å²) in [7, 11) is 1.54. The van der Waals surface area contributed by atoms with Gasteiger partial charge in [0.15, 0.2) is 0 Å². The molecule has 0 spiro atoms. The minimum atomic E-state index is -2.86. The minimum Gasteiger partial charge on any atom is -0.433 e. The fourth-order valence-corrected chi connectivity index (χ4v) is 1.25. The van der Waals surface area contributed by atoms with Gasteiger partial charge in [-0.05, 0) is 12.1 Å². The number of halogens is 2. The smallest absolute Gasteiger partial charge is 0.387 e. The predicted octanol–water partition coefficient (Wildman–Crippen LogP) is 1.84. The summed E-state index contributed by atoms with van der Waals surface area (Å²) in [6, 6.07) is 6.35. The third-order valence-corrected chi connectivity index (χ3v) is 2.05. The van der Waals surface area contributed by atoms with Crippen LogP contribution in [-0.4, -0.2) is 26.1 Å². The molecule has 2 N–H and O–H groups in total. The predicted molar refractivity (Wildman–Crippen MR) is 60.2 cm³/mol. The van der Waals surface area contributed by atoms with E-state index in [1.54, 1.807) is 18.2 Å². The lowest BCUT2D eigenvalue weighted by molar-refractivity contribution is -0.120. The molecule has 0 fully saturated rings. The van der Waals surface area contributed by atoms with Crippen molar-refractivity contribution in [3.05, 3.63) is 24.3 Å². The van der Waals surface area contributed by atoms with Crippen LogP contribution in [0.2, 0.25) is 0 Å². The van der Waals surface area contributed by atoms with E-state index in [9.17, 15) is 13.6 Å². The summed E-state index contributed by atoms with van der Waals surface area (Å²) in [5.41, 5.74) is 0.441. The van der Waals surface area contributed by atoms with Crippen LogP contribution in [0.15, 0.2) is 24.3 Å². The maximum atomic E-state index is 12.1. The molecule has 17 heavy (non-hydrogen) atoms. The van der Waals surface area contributed by atoms with Gasteiger partial charge in [0.05, 0.1) is 5.69 Å². The number of benzene rings is 1. The van der Waals surface area contributed by atoms with Crippen LogP contribution in [0, 0.1) is 0 Å². The van der Waals surface area contributed by atoms with Gasteiger partial charge in [-0.15, -0.1) is 0 Å². The van der Waals surface area contributed by atoms with Gasteiger partial charge in [-0.3, -0.25) is 4.79 Å². The normalized spacial score (nSPS) is 10.1. The number of hydrogen-bond donors (Lipinski definition) is 2. The van der Waals surface area contributed by atoms with Crippen LogP contribution in [0.3, 0.4) is 0 Å². The monoisotopic (exact) mass is 244 g/mol. The molecule has 0 bridgehead atoms. The van der Waals surface area contributed by atoms with E-state index in [4.69, 9.17) is 0 Å². The Morgan fingerprint density at radius 1 is 1.41 bits per heavy atom. The second-order valence-corrected chi connectivity index (χ2v) is 3.22. The van der Waals surface area contributed by atoms with Crippen molar-refractivity contribution in [3.8, 4) is 5.75 Å². The van der Waals surface area contributed by atoms with Crippen molar-refractivity contribution >= 4 is 11.6 Å². The topological polar surface area (TPSA) is 50.4 Å². The summed E-state index contributed by atoms with van der Waals surface area (Å²) in [6.07, 6.45) is 0.263. The Kier molecular flexibility index (Phi) is 5.19. The molecule has 0 radical (unpaired) electrons. The zero-order chi connectivity index (χ0) is 12.7. The number of hydrogen-bond acceptors (Lipinski definition) is 3. The first kappa shape index (κ1) is 13.2. The molecule has 4 nitrogen and oxygen atoms in total. The molecule has 0 aliphatic heterocycles. The third kappa shape index (κ3) is 4.67. The summed E-state index contributed by atoms with van der Waals surface area (Å²) in [6.45, 7) is -2.51. The fraction of sp³-hybridized carbons (Fsp3) is 0.364. The molecule has 0 aliphatic rings. The summed E-state index contributed by atoms with van der Waals surface area (Å²) in [5.74, 6) is -0.0517. The summed E-state index contributed by atoms with van der Waals surface area (Å²) in [4.78, 5) is 11.0. The first-order valence-corrected chi connectivity index (χ1v) is 5.11. The SMILES string of the molecule is CNC(=O)CCNc1ccccc1OC(F)F. The highest BCUT2D eigenvalue weighted by molar-refractivity contribution is 5.76. The average Bonchev–Trinajstić information content (AvgIpc) is 2.30. The summed E-state index contributed by atoms with van der Waals surface area (Å²) >= 11 is 0. The number of para-hydroxylation sites is 2. The maximum absolute atomic E-state index is 12.1. The molecule has 1 aromatic rings. The number of carbonyl (C=O) groups is 1. The number of rotatable bonds is 6. The van der Waals surface area contributed by atoms with E-state index in [0.29, 0.717) is 12.2 Å². The van der Waals surface area contributed by atoms with Gasteiger partial charge in [-0.25, -0.2) is 0 Å². The number of ether oxygens (including phenoxy) is 1. The number of anilines is 1. The molecule has 0 saturated carbocycles. The van der Waals surface area contributed by atoms with Crippen LogP contribution in [0.4, 0.5) is 14.5 Å². The summed E-state index contributed by atoms with van der Waals surface area (Å²) < 4.78 is 28.5. The quantitative estimate of drug-likeness (QED) is 0.802. The summed E-state index contributed by atoms with van der Waals surface area (Å²) in [5, 5.41) is 5.33. The highest BCUT2D eigenvalue weighted by atomic mass is 19.3. The van der Waals surface area contributed by atoms with Crippen molar-refractivity contribution in [1.29, 1.82) is 0 Å². The average molecular weight is 244 g/mol. The number of amides is 1. The third-order valence-electron chi connectivity index (χ3n) is 2.05. The Bertz CT molecular complexity index is 372. The molecule has 94 valence electrons. The van der Waals surface area contributed by atoms with Crippen molar-refractivity contribution in [3.63, 3.8) is 0 Å². The van der Waals surface area contributed by atoms with E-state index >= 15 is 0 Å². The Morgan fingerprint density at radius 3 is 2.76 bits per heavy atom. The largest absolute Gasteiger partial charge is 0.433 e. The van der Waals surface area contributed by atoms with E-state index in [0.717, 1.165) is 0 Å². The van der Waals surface area contributed by atoms with Gasteiger partial charge < -0.3 is 15.4 Å². The molecule has 6 heteroatoms.